The Balaban J connectivity index is 0. The molecule has 0 saturated heterocycles. The molecule has 0 aliphatic rings. The van der Waals surface area contributed by atoms with Gasteiger partial charge in [-0.15, -0.1) is 0 Å². The monoisotopic (exact) mass is 148 g/mol. The Morgan fingerprint density at radius 1 is 0.778 bits per heavy atom. The molecule has 0 fully saturated rings. The van der Waals surface area contributed by atoms with Gasteiger partial charge in [0.2, 0.25) is 0 Å². The van der Waals surface area contributed by atoms with Crippen molar-refractivity contribution in [2.45, 2.75) is 0 Å². The standard InChI is InChI=1S/2C3H9N.Al.H2.H/c2*1-4(2)3;;;/h2*1-3H3;;1H;/q;;+2;;. The van der Waals surface area contributed by atoms with Crippen LogP contribution in [-0.4, -0.2) is 64.9 Å². The lowest BCUT2D eigenvalue weighted by Crippen LogP contribution is -2.54. The zero-order chi connectivity index (χ0) is 7.71. The van der Waals surface area contributed by atoms with Crippen LogP contribution in [0.1, 0.15) is 1.43 Å². The van der Waals surface area contributed by atoms with Crippen molar-refractivity contribution in [3.05, 3.63) is 0 Å². The maximum Gasteiger partial charge on any atom is 1.02 e. The van der Waals surface area contributed by atoms with Crippen LogP contribution in [0.5, 0.6) is 0 Å². The third-order valence-corrected chi connectivity index (χ3v) is 2.55. The Morgan fingerprint density at radius 2 is 1.00 bits per heavy atom. The highest BCUT2D eigenvalue weighted by molar-refractivity contribution is 6.15. The molecule has 0 saturated carbocycles. The topological polar surface area (TPSA) is 0 Å². The molecule has 0 aliphatic carbocycles. The van der Waals surface area contributed by atoms with Gasteiger partial charge < -0.3 is 6.93 Å². The molecular formula is C6H21AlN2+2. The smallest absolute Gasteiger partial charge is 0.432 e. The number of hydrogen-bond acceptors (Lipinski definition) is 0. The first-order valence-corrected chi connectivity index (χ1v) is 4.58. The lowest BCUT2D eigenvalue weighted by Gasteiger charge is -2.31. The minimum absolute atomic E-state index is 0. The van der Waals surface area contributed by atoms with Gasteiger partial charge in [-0.1, -0.05) is 0 Å². The Hall–Kier alpha value is 0.452. The van der Waals surface area contributed by atoms with E-state index in [1.807, 2.05) is 0 Å². The van der Waals surface area contributed by atoms with Gasteiger partial charge in [0, 0.05) is 43.7 Å². The van der Waals surface area contributed by atoms with E-state index in [1.54, 1.807) is 0 Å². The molecule has 0 unspecified atom stereocenters. The summed E-state index contributed by atoms with van der Waals surface area (Å²) in [7, 11) is 13.6. The highest BCUT2D eigenvalue weighted by Gasteiger charge is 2.36. The lowest BCUT2D eigenvalue weighted by atomic mass is 11.0. The molecular weight excluding hydrogens is 127 g/mol. The fourth-order valence-corrected chi connectivity index (χ4v) is 3.82. The fraction of sp³-hybridized carbons (Fsp3) is 1.00. The van der Waals surface area contributed by atoms with Crippen LogP contribution in [0.2, 0.25) is 0 Å². The first-order chi connectivity index (χ1) is 3.71. The van der Waals surface area contributed by atoms with E-state index in [1.165, 1.54) is 6.93 Å². The van der Waals surface area contributed by atoms with Crippen molar-refractivity contribution < 1.29 is 8.36 Å². The summed E-state index contributed by atoms with van der Waals surface area (Å²) in [6.45, 7) is 0. The third kappa shape index (κ3) is 8.45. The quantitative estimate of drug-likeness (QED) is 0.480. The summed E-state index contributed by atoms with van der Waals surface area (Å²) < 4.78 is 2.34. The maximum absolute atomic E-state index is 2.27. The molecule has 0 aromatic carbocycles. The van der Waals surface area contributed by atoms with Crippen molar-refractivity contribution >= 4 is 15.7 Å². The van der Waals surface area contributed by atoms with Crippen molar-refractivity contribution in [3.63, 3.8) is 0 Å². The molecule has 0 rings (SSSR count). The Morgan fingerprint density at radius 3 is 1.00 bits per heavy atom. The van der Waals surface area contributed by atoms with E-state index in [0.717, 1.165) is 0 Å². The predicted molar refractivity (Wildman–Crippen MR) is 45.3 cm³/mol. The molecule has 2 nitrogen and oxygen atoms in total. The average molecular weight is 148 g/mol. The molecule has 0 aromatic heterocycles. The van der Waals surface area contributed by atoms with E-state index < -0.39 is 0 Å². The summed E-state index contributed by atoms with van der Waals surface area (Å²) in [5.74, 6) is 0. The van der Waals surface area contributed by atoms with E-state index in [0.29, 0.717) is 0 Å². The first-order valence-electron chi connectivity index (χ1n) is 3.32. The van der Waals surface area contributed by atoms with Gasteiger partial charge in [-0.2, -0.15) is 0 Å². The summed E-state index contributed by atoms with van der Waals surface area (Å²) in [6.07, 6.45) is 0. The molecule has 0 amide bonds. The number of nitrogens with zero attached hydrogens (tertiary/aromatic N) is 2. The van der Waals surface area contributed by atoms with Crippen molar-refractivity contribution in [3.8, 4) is 0 Å². The van der Waals surface area contributed by atoms with Gasteiger partial charge in [-0.3, -0.25) is 0 Å². The van der Waals surface area contributed by atoms with Crippen LogP contribution in [0.4, 0.5) is 0 Å². The van der Waals surface area contributed by atoms with Crippen LogP contribution in [-0.2, 0) is 0 Å². The molecule has 0 radical (unpaired) electrons. The summed E-state index contributed by atoms with van der Waals surface area (Å²) in [6, 6.07) is 0. The zero-order valence-electron chi connectivity index (χ0n) is 7.60. The van der Waals surface area contributed by atoms with Crippen molar-refractivity contribution in [1.29, 1.82) is 0 Å². The van der Waals surface area contributed by atoms with Gasteiger partial charge in [0.25, 0.3) is 0 Å². The number of hydrogen-bond donors (Lipinski definition) is 0. The van der Waals surface area contributed by atoms with Gasteiger partial charge in [0.1, 0.15) is 0 Å². The SMILES string of the molecule is C[N+](C)(C)[AlH][N+](C)(C)C.[HH]. The lowest BCUT2D eigenvalue weighted by molar-refractivity contribution is -0.869. The van der Waals surface area contributed by atoms with Gasteiger partial charge in [-0.25, -0.2) is 0 Å². The third-order valence-electron chi connectivity index (χ3n) is 0.849. The second-order valence-electron chi connectivity index (χ2n) is 4.72. The molecule has 0 aromatic rings. The first kappa shape index (κ1) is 9.45. The molecule has 0 bridgehead atoms. The van der Waals surface area contributed by atoms with Crippen LogP contribution in [0, 0.1) is 0 Å². The molecule has 0 heterocycles. The Kier molecular flexibility index (Phi) is 2.72. The van der Waals surface area contributed by atoms with E-state index in [4.69, 9.17) is 0 Å². The van der Waals surface area contributed by atoms with Gasteiger partial charge in [0.05, 0.1) is 0 Å². The Bertz CT molecular complexity index is 80.9. The summed E-state index contributed by atoms with van der Waals surface area (Å²) in [5, 5.41) is 0. The second kappa shape index (κ2) is 2.59. The van der Waals surface area contributed by atoms with Crippen LogP contribution in [0.15, 0.2) is 0 Å². The summed E-state index contributed by atoms with van der Waals surface area (Å²) in [4.78, 5) is 0. The maximum atomic E-state index is 2.27. The van der Waals surface area contributed by atoms with E-state index in [-0.39, 0.29) is 17.1 Å². The zero-order valence-corrected chi connectivity index (χ0v) is 9.02. The largest absolute Gasteiger partial charge is 1.02 e. The molecule has 56 valence electrons. The van der Waals surface area contributed by atoms with Crippen LogP contribution in [0.3, 0.4) is 0 Å². The van der Waals surface area contributed by atoms with Crippen molar-refractivity contribution in [1.82, 2.24) is 0 Å². The van der Waals surface area contributed by atoms with Gasteiger partial charge in [0.15, 0.2) is 0 Å². The van der Waals surface area contributed by atoms with Gasteiger partial charge >= 0.3 is 15.7 Å². The number of rotatable bonds is 2. The van der Waals surface area contributed by atoms with Crippen molar-refractivity contribution in [2.75, 3.05) is 42.3 Å². The van der Waals surface area contributed by atoms with E-state index >= 15 is 0 Å². The summed E-state index contributed by atoms with van der Waals surface area (Å²) >= 11 is -0.0370. The molecule has 0 spiro atoms. The van der Waals surface area contributed by atoms with Crippen LogP contribution < -0.4 is 0 Å². The fourth-order valence-electron chi connectivity index (χ4n) is 1.27. The van der Waals surface area contributed by atoms with Crippen LogP contribution >= 0.6 is 0 Å². The second-order valence-corrected chi connectivity index (χ2v) is 8.80. The highest BCUT2D eigenvalue weighted by atomic mass is 27.1. The van der Waals surface area contributed by atoms with E-state index in [9.17, 15) is 0 Å². The predicted octanol–water partition coefficient (Wildman–Crippen LogP) is -0.0887. The van der Waals surface area contributed by atoms with Crippen LogP contribution in [0.25, 0.3) is 0 Å². The average Bonchev–Trinajstić information content (AvgIpc) is 1.14. The highest BCUT2D eigenvalue weighted by Crippen LogP contribution is 1.94. The van der Waals surface area contributed by atoms with E-state index in [2.05, 4.69) is 42.3 Å². The normalized spacial score (nSPS) is 13.6. The molecule has 9 heavy (non-hydrogen) atoms. The number of quaternary nitrogens is 2. The minimum Gasteiger partial charge on any atom is -0.432 e. The molecule has 3 heteroatoms. The van der Waals surface area contributed by atoms with Gasteiger partial charge in [-0.05, 0) is 0 Å². The molecule has 0 aliphatic heterocycles. The molecule has 0 N–H and O–H groups in total. The summed E-state index contributed by atoms with van der Waals surface area (Å²) in [5.41, 5.74) is 0. The van der Waals surface area contributed by atoms with Crippen molar-refractivity contribution in [2.24, 2.45) is 0 Å². The Labute approximate surface area is 66.9 Å². The molecule has 0 atom stereocenters. The minimum atomic E-state index is -0.0370.